The molecule has 0 unspecified atom stereocenters. The summed E-state index contributed by atoms with van der Waals surface area (Å²) >= 11 is 0. The average Bonchev–Trinajstić information content (AvgIpc) is 2.68. The molecule has 7 heteroatoms. The molecule has 1 aromatic carbocycles. The van der Waals surface area contributed by atoms with Crippen molar-refractivity contribution >= 4 is 17.6 Å². The Morgan fingerprint density at radius 1 is 0.769 bits per heavy atom. The number of ether oxygens (including phenoxy) is 1. The fourth-order valence-electron chi connectivity index (χ4n) is 3.49. The number of rotatable bonds is 3. The Balaban J connectivity index is 1.46. The Morgan fingerprint density at radius 3 is 2.04 bits per heavy atom. The number of aryl methyl sites for hydroxylation is 2. The Morgan fingerprint density at radius 2 is 1.38 bits per heavy atom. The summed E-state index contributed by atoms with van der Waals surface area (Å²) in [6, 6.07) is 8.70. The molecule has 7 nitrogen and oxygen atoms in total. The Bertz CT molecular complexity index is 753. The second-order valence-corrected chi connectivity index (χ2v) is 6.90. The molecule has 2 saturated heterocycles. The highest BCUT2D eigenvalue weighted by molar-refractivity contribution is 5.50. The highest BCUT2D eigenvalue weighted by Gasteiger charge is 2.22. The molecular formula is C19H26N6O. The van der Waals surface area contributed by atoms with Gasteiger partial charge in [0.05, 0.1) is 13.2 Å². The lowest BCUT2D eigenvalue weighted by Crippen LogP contribution is -2.47. The minimum absolute atomic E-state index is 0.731. The maximum atomic E-state index is 5.43. The predicted molar refractivity (Wildman–Crippen MR) is 103 cm³/mol. The van der Waals surface area contributed by atoms with Crippen molar-refractivity contribution < 1.29 is 4.74 Å². The van der Waals surface area contributed by atoms with Gasteiger partial charge in [0, 0.05) is 45.0 Å². The second-order valence-electron chi connectivity index (χ2n) is 6.90. The van der Waals surface area contributed by atoms with Gasteiger partial charge in [-0.25, -0.2) is 0 Å². The smallest absolute Gasteiger partial charge is 0.230 e. The molecule has 2 aliphatic heterocycles. The van der Waals surface area contributed by atoms with E-state index in [1.807, 2.05) is 6.92 Å². The molecule has 2 fully saturated rings. The lowest BCUT2D eigenvalue weighted by atomic mass is 10.2. The average molecular weight is 354 g/mol. The second kappa shape index (κ2) is 7.45. The quantitative estimate of drug-likeness (QED) is 0.831. The molecule has 0 bridgehead atoms. The maximum absolute atomic E-state index is 5.43. The summed E-state index contributed by atoms with van der Waals surface area (Å²) in [5.41, 5.74) is 2.60. The van der Waals surface area contributed by atoms with Gasteiger partial charge in [-0.1, -0.05) is 12.1 Å². The van der Waals surface area contributed by atoms with Crippen LogP contribution in [0.25, 0.3) is 0 Å². The topological polar surface area (TPSA) is 57.6 Å². The molecule has 2 aliphatic rings. The zero-order valence-electron chi connectivity index (χ0n) is 15.6. The number of morpholine rings is 1. The van der Waals surface area contributed by atoms with E-state index in [4.69, 9.17) is 9.72 Å². The summed E-state index contributed by atoms with van der Waals surface area (Å²) in [6.07, 6.45) is 0. The third-order valence-electron chi connectivity index (χ3n) is 4.95. The van der Waals surface area contributed by atoms with Crippen molar-refractivity contribution in [2.75, 3.05) is 67.2 Å². The molecule has 138 valence electrons. The number of piperazine rings is 1. The molecule has 0 atom stereocenters. The summed E-state index contributed by atoms with van der Waals surface area (Å²) in [4.78, 5) is 20.8. The van der Waals surface area contributed by atoms with E-state index in [-0.39, 0.29) is 0 Å². The monoisotopic (exact) mass is 354 g/mol. The number of nitrogens with zero attached hydrogens (tertiary/aromatic N) is 6. The highest BCUT2D eigenvalue weighted by Crippen LogP contribution is 2.21. The lowest BCUT2D eigenvalue weighted by Gasteiger charge is -2.36. The zero-order valence-corrected chi connectivity index (χ0v) is 15.6. The van der Waals surface area contributed by atoms with E-state index < -0.39 is 0 Å². The summed E-state index contributed by atoms with van der Waals surface area (Å²) in [5, 5.41) is 0. The van der Waals surface area contributed by atoms with Gasteiger partial charge in [-0.05, 0) is 31.5 Å². The van der Waals surface area contributed by atoms with Crippen LogP contribution in [0.4, 0.5) is 17.6 Å². The molecule has 0 N–H and O–H groups in total. The normalized spacial score (nSPS) is 18.3. The third-order valence-corrected chi connectivity index (χ3v) is 4.95. The first kappa shape index (κ1) is 17.0. The Hall–Kier alpha value is -2.41. The van der Waals surface area contributed by atoms with E-state index in [0.717, 1.165) is 70.2 Å². The van der Waals surface area contributed by atoms with Crippen LogP contribution in [0.1, 0.15) is 11.4 Å². The van der Waals surface area contributed by atoms with Crippen molar-refractivity contribution in [1.82, 2.24) is 15.0 Å². The van der Waals surface area contributed by atoms with Gasteiger partial charge in [-0.3, -0.25) is 0 Å². The van der Waals surface area contributed by atoms with Gasteiger partial charge in [0.25, 0.3) is 0 Å². The van der Waals surface area contributed by atoms with Crippen molar-refractivity contribution in [3.63, 3.8) is 0 Å². The van der Waals surface area contributed by atoms with Crippen molar-refractivity contribution in [2.24, 2.45) is 0 Å². The lowest BCUT2D eigenvalue weighted by molar-refractivity contribution is 0.122. The molecule has 0 amide bonds. The van der Waals surface area contributed by atoms with Crippen molar-refractivity contribution in [3.8, 4) is 0 Å². The van der Waals surface area contributed by atoms with Crippen LogP contribution in [0.5, 0.6) is 0 Å². The van der Waals surface area contributed by atoms with Crippen LogP contribution in [-0.4, -0.2) is 67.4 Å². The van der Waals surface area contributed by atoms with Crippen molar-refractivity contribution in [3.05, 3.63) is 35.7 Å². The fraction of sp³-hybridized carbons (Fsp3) is 0.526. The molecule has 0 aliphatic carbocycles. The molecule has 0 radical (unpaired) electrons. The van der Waals surface area contributed by atoms with Gasteiger partial charge < -0.3 is 19.4 Å². The summed E-state index contributed by atoms with van der Waals surface area (Å²) < 4.78 is 5.43. The number of hydrogen-bond acceptors (Lipinski definition) is 7. The molecule has 26 heavy (non-hydrogen) atoms. The number of aromatic nitrogens is 3. The molecule has 0 spiro atoms. The van der Waals surface area contributed by atoms with Crippen molar-refractivity contribution in [2.45, 2.75) is 13.8 Å². The van der Waals surface area contributed by atoms with Crippen molar-refractivity contribution in [1.29, 1.82) is 0 Å². The minimum Gasteiger partial charge on any atom is -0.378 e. The van der Waals surface area contributed by atoms with Gasteiger partial charge >= 0.3 is 0 Å². The van der Waals surface area contributed by atoms with Crippen LogP contribution in [0.2, 0.25) is 0 Å². The van der Waals surface area contributed by atoms with Gasteiger partial charge in [0.2, 0.25) is 11.9 Å². The predicted octanol–water partition coefficient (Wildman–Crippen LogP) is 1.65. The first-order valence-electron chi connectivity index (χ1n) is 9.31. The number of benzene rings is 1. The number of anilines is 3. The summed E-state index contributed by atoms with van der Waals surface area (Å²) in [7, 11) is 0. The number of hydrogen-bond donors (Lipinski definition) is 0. The van der Waals surface area contributed by atoms with E-state index >= 15 is 0 Å². The largest absolute Gasteiger partial charge is 0.378 e. The summed E-state index contributed by atoms with van der Waals surface area (Å²) in [5.74, 6) is 2.34. The van der Waals surface area contributed by atoms with E-state index in [1.165, 1.54) is 11.3 Å². The van der Waals surface area contributed by atoms with Crippen LogP contribution in [0.3, 0.4) is 0 Å². The van der Waals surface area contributed by atoms with Gasteiger partial charge in [-0.2, -0.15) is 15.0 Å². The van der Waals surface area contributed by atoms with Crippen LogP contribution < -0.4 is 14.7 Å². The molecule has 1 aromatic heterocycles. The van der Waals surface area contributed by atoms with Gasteiger partial charge in [0.15, 0.2) is 0 Å². The summed E-state index contributed by atoms with van der Waals surface area (Å²) in [6.45, 7) is 11.0. The Kier molecular flexibility index (Phi) is 4.88. The van der Waals surface area contributed by atoms with Crippen LogP contribution >= 0.6 is 0 Å². The van der Waals surface area contributed by atoms with E-state index in [0.29, 0.717) is 0 Å². The van der Waals surface area contributed by atoms with Crippen LogP contribution in [0, 0.1) is 13.8 Å². The van der Waals surface area contributed by atoms with E-state index in [9.17, 15) is 0 Å². The molecule has 2 aromatic rings. The van der Waals surface area contributed by atoms with Crippen LogP contribution in [-0.2, 0) is 4.74 Å². The highest BCUT2D eigenvalue weighted by atomic mass is 16.5. The first-order valence-corrected chi connectivity index (χ1v) is 9.31. The first-order chi connectivity index (χ1) is 12.7. The third kappa shape index (κ3) is 3.72. The SMILES string of the molecule is Cc1cccc(N2CCN(c3nc(C)nc(N4CCOCC4)n3)CC2)c1. The maximum Gasteiger partial charge on any atom is 0.230 e. The molecule has 3 heterocycles. The van der Waals surface area contributed by atoms with Crippen LogP contribution in [0.15, 0.2) is 24.3 Å². The standard InChI is InChI=1S/C19H26N6O/c1-15-4-3-5-17(14-15)23-6-8-24(9-7-23)18-20-16(2)21-19(22-18)25-10-12-26-13-11-25/h3-5,14H,6-13H2,1-2H3. The molecular weight excluding hydrogens is 328 g/mol. The molecule has 4 rings (SSSR count). The minimum atomic E-state index is 0.731. The van der Waals surface area contributed by atoms with Gasteiger partial charge in [-0.15, -0.1) is 0 Å². The van der Waals surface area contributed by atoms with Gasteiger partial charge in [0.1, 0.15) is 5.82 Å². The fourth-order valence-corrected chi connectivity index (χ4v) is 3.49. The molecule has 0 saturated carbocycles. The Labute approximate surface area is 154 Å². The van der Waals surface area contributed by atoms with E-state index in [1.54, 1.807) is 0 Å². The zero-order chi connectivity index (χ0) is 17.9. The van der Waals surface area contributed by atoms with E-state index in [2.05, 4.69) is 55.9 Å².